The van der Waals surface area contributed by atoms with Crippen molar-refractivity contribution in [1.29, 1.82) is 5.26 Å². The Kier molecular flexibility index (Phi) is 7.25. The van der Waals surface area contributed by atoms with E-state index in [1.807, 2.05) is 44.2 Å². The van der Waals surface area contributed by atoms with E-state index in [4.69, 9.17) is 9.47 Å². The van der Waals surface area contributed by atoms with E-state index in [1.54, 1.807) is 31.5 Å². The van der Waals surface area contributed by atoms with Gasteiger partial charge in [-0.05, 0) is 54.1 Å². The molecule has 0 atom stereocenters. The number of methoxy groups -OCH3 is 1. The first-order valence-electron chi connectivity index (χ1n) is 9.36. The van der Waals surface area contributed by atoms with E-state index in [2.05, 4.69) is 43.1 Å². The molecule has 1 aromatic heterocycles. The molecule has 0 aliphatic carbocycles. The molecule has 31 heavy (non-hydrogen) atoms. The standard InChI is InChI=1S/C22H20IN5O3/c1-13(2)31-20-17(23)9-14(10-18(20)30-3)12-25-28-22-26-19(15-7-5-4-6-8-15)16(11-24)21(29)27-22/h4-10,12-13H,1-3H3,(H2,26,27,28,29). The number of H-pyrrole nitrogens is 1. The Morgan fingerprint density at radius 3 is 2.68 bits per heavy atom. The van der Waals surface area contributed by atoms with Crippen LogP contribution in [0.5, 0.6) is 11.5 Å². The van der Waals surface area contributed by atoms with Gasteiger partial charge in [-0.1, -0.05) is 30.3 Å². The lowest BCUT2D eigenvalue weighted by Crippen LogP contribution is -2.16. The zero-order valence-corrected chi connectivity index (χ0v) is 19.3. The Morgan fingerprint density at radius 2 is 2.03 bits per heavy atom. The van der Waals surface area contributed by atoms with E-state index < -0.39 is 5.56 Å². The Hall–Kier alpha value is -3.39. The van der Waals surface area contributed by atoms with Crippen molar-refractivity contribution in [3.8, 4) is 28.8 Å². The van der Waals surface area contributed by atoms with E-state index in [-0.39, 0.29) is 23.3 Å². The summed E-state index contributed by atoms with van der Waals surface area (Å²) < 4.78 is 12.1. The molecule has 2 aromatic carbocycles. The molecule has 8 nitrogen and oxygen atoms in total. The summed E-state index contributed by atoms with van der Waals surface area (Å²) >= 11 is 2.18. The molecule has 158 valence electrons. The summed E-state index contributed by atoms with van der Waals surface area (Å²) in [6.45, 7) is 3.90. The fourth-order valence-corrected chi connectivity index (χ4v) is 3.52. The third-order valence-corrected chi connectivity index (χ3v) is 4.87. The second kappa shape index (κ2) is 10.1. The summed E-state index contributed by atoms with van der Waals surface area (Å²) in [5, 5.41) is 13.5. The van der Waals surface area contributed by atoms with E-state index in [1.165, 1.54) is 0 Å². The van der Waals surface area contributed by atoms with Crippen molar-refractivity contribution in [2.24, 2.45) is 5.10 Å². The Bertz CT molecular complexity index is 1200. The number of rotatable bonds is 7. The van der Waals surface area contributed by atoms with Gasteiger partial charge < -0.3 is 9.47 Å². The van der Waals surface area contributed by atoms with Crippen LogP contribution in [-0.2, 0) is 0 Å². The first kappa shape index (κ1) is 22.3. The lowest BCUT2D eigenvalue weighted by atomic mass is 10.1. The Morgan fingerprint density at radius 1 is 1.29 bits per heavy atom. The minimum Gasteiger partial charge on any atom is -0.493 e. The van der Waals surface area contributed by atoms with Crippen molar-refractivity contribution >= 4 is 34.8 Å². The maximum Gasteiger partial charge on any atom is 0.270 e. The number of anilines is 1. The van der Waals surface area contributed by atoms with Crippen LogP contribution in [0.25, 0.3) is 11.3 Å². The van der Waals surface area contributed by atoms with Crippen LogP contribution in [-0.4, -0.2) is 29.4 Å². The average Bonchev–Trinajstić information content (AvgIpc) is 2.75. The molecule has 1 heterocycles. The minimum atomic E-state index is -0.541. The molecular weight excluding hydrogens is 509 g/mol. The second-order valence-electron chi connectivity index (χ2n) is 6.69. The third kappa shape index (κ3) is 5.40. The molecule has 0 radical (unpaired) electrons. The van der Waals surface area contributed by atoms with Crippen LogP contribution in [0.4, 0.5) is 5.95 Å². The lowest BCUT2D eigenvalue weighted by Gasteiger charge is -2.15. The third-order valence-electron chi connectivity index (χ3n) is 4.07. The molecule has 0 saturated heterocycles. The number of nitrogens with zero attached hydrogens (tertiary/aromatic N) is 3. The number of halogens is 1. The Balaban J connectivity index is 1.88. The molecule has 0 spiro atoms. The van der Waals surface area contributed by atoms with Gasteiger partial charge in [-0.3, -0.25) is 9.78 Å². The molecule has 3 rings (SSSR count). The van der Waals surface area contributed by atoms with Crippen molar-refractivity contribution in [3.63, 3.8) is 0 Å². The lowest BCUT2D eigenvalue weighted by molar-refractivity contribution is 0.228. The summed E-state index contributed by atoms with van der Waals surface area (Å²) in [6.07, 6.45) is 1.59. The SMILES string of the molecule is COc1cc(C=NNc2nc(-c3ccccc3)c(C#N)c(=O)[nH]2)cc(I)c1OC(C)C. The minimum absolute atomic E-state index is 0.0155. The van der Waals surface area contributed by atoms with Crippen LogP contribution in [0.3, 0.4) is 0 Å². The van der Waals surface area contributed by atoms with Crippen molar-refractivity contribution in [1.82, 2.24) is 9.97 Å². The maximum absolute atomic E-state index is 12.3. The van der Waals surface area contributed by atoms with E-state index in [0.29, 0.717) is 17.1 Å². The topological polar surface area (TPSA) is 112 Å². The number of hydrogen-bond donors (Lipinski definition) is 2. The molecule has 0 saturated carbocycles. The number of nitriles is 1. The van der Waals surface area contributed by atoms with Crippen molar-refractivity contribution < 1.29 is 9.47 Å². The van der Waals surface area contributed by atoms with Gasteiger partial charge in [0.1, 0.15) is 11.6 Å². The molecule has 0 unspecified atom stereocenters. The zero-order chi connectivity index (χ0) is 22.4. The van der Waals surface area contributed by atoms with Crippen molar-refractivity contribution in [2.75, 3.05) is 12.5 Å². The fraction of sp³-hybridized carbons (Fsp3) is 0.182. The van der Waals surface area contributed by atoms with E-state index >= 15 is 0 Å². The molecule has 2 N–H and O–H groups in total. The Labute approximate surface area is 193 Å². The van der Waals surface area contributed by atoms with Gasteiger partial charge in [-0.25, -0.2) is 10.4 Å². The van der Waals surface area contributed by atoms with Gasteiger partial charge >= 0.3 is 0 Å². The molecule has 0 amide bonds. The normalized spacial score (nSPS) is 10.8. The molecule has 0 fully saturated rings. The van der Waals surface area contributed by atoms with Gasteiger partial charge in [-0.2, -0.15) is 10.4 Å². The number of aromatic nitrogens is 2. The summed E-state index contributed by atoms with van der Waals surface area (Å²) in [4.78, 5) is 19.2. The number of benzene rings is 2. The average molecular weight is 529 g/mol. The molecule has 3 aromatic rings. The van der Waals surface area contributed by atoms with Gasteiger partial charge in [0.2, 0.25) is 5.95 Å². The largest absolute Gasteiger partial charge is 0.493 e. The van der Waals surface area contributed by atoms with Gasteiger partial charge in [0, 0.05) is 5.56 Å². The van der Waals surface area contributed by atoms with Crippen LogP contribution in [0.15, 0.2) is 52.4 Å². The molecule has 0 bridgehead atoms. The van der Waals surface area contributed by atoms with Gasteiger partial charge in [0.25, 0.3) is 5.56 Å². The molecule has 0 aliphatic heterocycles. The second-order valence-corrected chi connectivity index (χ2v) is 7.85. The number of hydrogen-bond acceptors (Lipinski definition) is 7. The number of nitrogens with one attached hydrogen (secondary N) is 2. The van der Waals surface area contributed by atoms with Crippen LogP contribution < -0.4 is 20.5 Å². The molecule has 9 heteroatoms. The number of aromatic amines is 1. The van der Waals surface area contributed by atoms with Crippen molar-refractivity contribution in [3.05, 3.63) is 67.5 Å². The highest BCUT2D eigenvalue weighted by molar-refractivity contribution is 14.1. The van der Waals surface area contributed by atoms with Gasteiger partial charge in [0.15, 0.2) is 11.5 Å². The maximum atomic E-state index is 12.3. The zero-order valence-electron chi connectivity index (χ0n) is 17.1. The van der Waals surface area contributed by atoms with Gasteiger partial charge in [0.05, 0.1) is 28.7 Å². The predicted octanol–water partition coefficient (Wildman–Crippen LogP) is 4.15. The van der Waals surface area contributed by atoms with E-state index in [9.17, 15) is 10.1 Å². The first-order valence-corrected chi connectivity index (χ1v) is 10.4. The first-order chi connectivity index (χ1) is 14.9. The van der Waals surface area contributed by atoms with Crippen molar-refractivity contribution in [2.45, 2.75) is 20.0 Å². The predicted molar refractivity (Wildman–Crippen MR) is 128 cm³/mol. The molecule has 0 aliphatic rings. The van der Waals surface area contributed by atoms with Crippen LogP contribution >= 0.6 is 22.6 Å². The highest BCUT2D eigenvalue weighted by Crippen LogP contribution is 2.34. The quantitative estimate of drug-likeness (QED) is 0.270. The molecular formula is C22H20IN5O3. The number of hydrazone groups is 1. The fourth-order valence-electron chi connectivity index (χ4n) is 2.77. The monoisotopic (exact) mass is 529 g/mol. The van der Waals surface area contributed by atoms with Gasteiger partial charge in [-0.15, -0.1) is 0 Å². The summed E-state index contributed by atoms with van der Waals surface area (Å²) in [5.74, 6) is 1.40. The summed E-state index contributed by atoms with van der Waals surface area (Å²) in [6, 6.07) is 14.6. The highest BCUT2D eigenvalue weighted by atomic mass is 127. The van der Waals surface area contributed by atoms with Crippen LogP contribution in [0, 0.1) is 14.9 Å². The van der Waals surface area contributed by atoms with Crippen LogP contribution in [0.1, 0.15) is 25.0 Å². The smallest absolute Gasteiger partial charge is 0.270 e. The summed E-state index contributed by atoms with van der Waals surface area (Å²) in [7, 11) is 1.58. The van der Waals surface area contributed by atoms with Crippen LogP contribution in [0.2, 0.25) is 0 Å². The summed E-state index contributed by atoms with van der Waals surface area (Å²) in [5.41, 5.74) is 3.84. The van der Waals surface area contributed by atoms with E-state index in [0.717, 1.165) is 9.13 Å². The number of ether oxygens (including phenoxy) is 2. The highest BCUT2D eigenvalue weighted by Gasteiger charge is 2.14.